The second-order valence-electron chi connectivity index (χ2n) is 17.9. The van der Waals surface area contributed by atoms with Crippen LogP contribution in [0.5, 0.6) is 0 Å². The highest BCUT2D eigenvalue weighted by molar-refractivity contribution is 6.94. The molecule has 0 aliphatic heterocycles. The molecule has 0 aromatic carbocycles. The Morgan fingerprint density at radius 2 is 0.447 bits per heavy atom. The number of hydrogen-bond acceptors (Lipinski definition) is 6. The maximum absolute atomic E-state index is 8.15. The van der Waals surface area contributed by atoms with Gasteiger partial charge in [-0.05, 0) is 83.1 Å². The highest BCUT2D eigenvalue weighted by atomic mass is 28.5. The van der Waals surface area contributed by atoms with Gasteiger partial charge < -0.3 is 25.3 Å². The van der Waals surface area contributed by atoms with Gasteiger partial charge in [-0.25, -0.2) is 0 Å². The first kappa shape index (κ1) is 47.8. The molecule has 0 radical (unpaired) electrons. The molecular formula is C36H84O6Si5. The van der Waals surface area contributed by atoms with Crippen LogP contribution < -0.4 is 0 Å². The summed E-state index contributed by atoms with van der Waals surface area (Å²) in [7, 11) is -15.5. The lowest BCUT2D eigenvalue weighted by atomic mass is 10.5. The Balaban J connectivity index is 8.88. The van der Waals surface area contributed by atoms with Crippen LogP contribution in [-0.2, 0) is 25.3 Å². The van der Waals surface area contributed by atoms with Gasteiger partial charge in [0.1, 0.15) is 0 Å². The Kier molecular flexibility index (Phi) is 18.9. The molecule has 0 unspecified atom stereocenters. The minimum atomic E-state index is -4.10. The SMILES string of the molecule is CC(C)O[Si](O[Si](O[Si](OC(C)C)(C(C)C)C(C)C)(O[Si](C(C)C)(C(C)C)C(C)C)O[Si](C(C)C)(C(C)C)C(C)C)(C(C)C)C(C)C. The van der Waals surface area contributed by atoms with Gasteiger partial charge in [0, 0.05) is 12.2 Å². The van der Waals surface area contributed by atoms with Crippen LogP contribution in [0.1, 0.15) is 166 Å². The highest BCUT2D eigenvalue weighted by Crippen LogP contribution is 2.52. The third kappa shape index (κ3) is 10.5. The van der Waals surface area contributed by atoms with E-state index in [4.69, 9.17) is 25.3 Å². The molecule has 0 aliphatic carbocycles. The zero-order valence-electron chi connectivity index (χ0n) is 35.9. The fourth-order valence-corrected chi connectivity index (χ4v) is 41.7. The van der Waals surface area contributed by atoms with Gasteiger partial charge in [0.15, 0.2) is 16.6 Å². The van der Waals surface area contributed by atoms with Crippen LogP contribution >= 0.6 is 0 Å². The lowest BCUT2D eigenvalue weighted by molar-refractivity contribution is 0.0594. The molecule has 0 aromatic rings. The Morgan fingerprint density at radius 1 is 0.255 bits per heavy atom. The van der Waals surface area contributed by atoms with E-state index in [0.29, 0.717) is 33.2 Å². The smallest absolute Gasteiger partial charge is 0.394 e. The Hall–Kier alpha value is 0.844. The maximum Gasteiger partial charge on any atom is 0.640 e. The molecule has 0 fully saturated rings. The molecule has 47 heavy (non-hydrogen) atoms. The van der Waals surface area contributed by atoms with Gasteiger partial charge in [0.05, 0.1) is 0 Å². The summed E-state index contributed by atoms with van der Waals surface area (Å²) in [5.74, 6) is 0. The van der Waals surface area contributed by atoms with Crippen LogP contribution in [0.4, 0.5) is 0 Å². The van der Waals surface area contributed by atoms with E-state index in [1.54, 1.807) is 0 Å². The van der Waals surface area contributed by atoms with Crippen LogP contribution in [-0.4, -0.2) is 55.0 Å². The van der Waals surface area contributed by atoms with Crippen molar-refractivity contribution in [3.63, 3.8) is 0 Å². The van der Waals surface area contributed by atoms with Gasteiger partial charge in [0.2, 0.25) is 0 Å². The van der Waals surface area contributed by atoms with Crippen molar-refractivity contribution in [3.05, 3.63) is 0 Å². The average molecular weight is 753 g/mol. The van der Waals surface area contributed by atoms with Crippen molar-refractivity contribution >= 4 is 42.8 Å². The van der Waals surface area contributed by atoms with Crippen molar-refractivity contribution in [2.24, 2.45) is 0 Å². The van der Waals surface area contributed by atoms with E-state index in [2.05, 4.69) is 166 Å². The Labute approximate surface area is 300 Å². The molecule has 0 amide bonds. The highest BCUT2D eigenvalue weighted by Gasteiger charge is 2.69. The standard InChI is InChI=1S/C36H84O6Si5/c1-25(2)37-45(33(17)18,34(19)20)41-47(39-43(27(5)6,28(7)8)29(9)10,40-44(30(11)12,31(13)14)32(15)16)42-46(35(21)22,36(23)24)38-26(3)4/h25-36H,1-24H3. The molecule has 0 aromatic heterocycles. The molecule has 0 N–H and O–H groups in total. The van der Waals surface area contributed by atoms with Crippen LogP contribution in [0.25, 0.3) is 0 Å². The quantitative estimate of drug-likeness (QED) is 0.103. The third-order valence-electron chi connectivity index (χ3n) is 10.6. The first-order valence-electron chi connectivity index (χ1n) is 19.3. The van der Waals surface area contributed by atoms with Crippen molar-refractivity contribution < 1.29 is 25.3 Å². The van der Waals surface area contributed by atoms with Crippen LogP contribution in [0.2, 0.25) is 55.4 Å². The molecule has 11 heteroatoms. The van der Waals surface area contributed by atoms with Crippen LogP contribution in [0, 0.1) is 0 Å². The minimum absolute atomic E-state index is 0.00752. The molecule has 0 atom stereocenters. The minimum Gasteiger partial charge on any atom is -0.394 e. The van der Waals surface area contributed by atoms with Gasteiger partial charge in [-0.3, -0.25) is 0 Å². The molecule has 284 valence electrons. The van der Waals surface area contributed by atoms with Crippen molar-refractivity contribution in [2.45, 2.75) is 234 Å². The predicted molar refractivity (Wildman–Crippen MR) is 217 cm³/mol. The summed E-state index contributed by atoms with van der Waals surface area (Å²) >= 11 is 0. The van der Waals surface area contributed by atoms with Crippen LogP contribution in [0.3, 0.4) is 0 Å². The Bertz CT molecular complexity index is 771. The summed E-state index contributed by atoms with van der Waals surface area (Å²) in [4.78, 5) is 0. The summed E-state index contributed by atoms with van der Waals surface area (Å²) < 4.78 is 46.6. The first-order valence-corrected chi connectivity index (χ1v) is 29.1. The molecule has 0 heterocycles. The Morgan fingerprint density at radius 3 is 0.574 bits per heavy atom. The summed E-state index contributed by atoms with van der Waals surface area (Å²) in [5, 5.41) is 0. The topological polar surface area (TPSA) is 55.4 Å². The van der Waals surface area contributed by atoms with E-state index in [-0.39, 0.29) is 34.4 Å². The molecule has 0 saturated carbocycles. The number of hydrogen-bond donors (Lipinski definition) is 0. The zero-order chi connectivity index (χ0) is 37.7. The predicted octanol–water partition coefficient (Wildman–Crippen LogP) is 13.2. The van der Waals surface area contributed by atoms with E-state index in [1.165, 1.54) is 0 Å². The van der Waals surface area contributed by atoms with Gasteiger partial charge in [0.25, 0.3) is 0 Å². The molecular weight excluding hydrogens is 669 g/mol. The first-order chi connectivity index (χ1) is 21.1. The zero-order valence-corrected chi connectivity index (χ0v) is 40.9. The molecule has 0 spiro atoms. The van der Waals surface area contributed by atoms with Crippen molar-refractivity contribution in [1.29, 1.82) is 0 Å². The molecule has 0 saturated heterocycles. The van der Waals surface area contributed by atoms with E-state index in [0.717, 1.165) is 0 Å². The molecule has 6 nitrogen and oxygen atoms in total. The van der Waals surface area contributed by atoms with E-state index in [1.807, 2.05) is 0 Å². The third-order valence-corrected chi connectivity index (χ3v) is 39.0. The second kappa shape index (κ2) is 18.6. The van der Waals surface area contributed by atoms with E-state index in [9.17, 15) is 0 Å². The monoisotopic (exact) mass is 753 g/mol. The fraction of sp³-hybridized carbons (Fsp3) is 1.00. The van der Waals surface area contributed by atoms with Crippen molar-refractivity contribution in [1.82, 2.24) is 0 Å². The lowest BCUT2D eigenvalue weighted by Crippen LogP contribution is -2.74. The normalized spacial score (nSPS) is 15.1. The largest absolute Gasteiger partial charge is 0.640 e. The lowest BCUT2D eigenvalue weighted by Gasteiger charge is -2.56. The van der Waals surface area contributed by atoms with E-state index >= 15 is 0 Å². The summed E-state index contributed by atoms with van der Waals surface area (Å²) in [6, 6.07) is 0. The summed E-state index contributed by atoms with van der Waals surface area (Å²) in [5.41, 5.74) is 2.50. The summed E-state index contributed by atoms with van der Waals surface area (Å²) in [6.45, 7) is 54.9. The number of rotatable bonds is 22. The summed E-state index contributed by atoms with van der Waals surface area (Å²) in [6.07, 6.45) is -0.0150. The molecule has 0 bridgehead atoms. The second-order valence-corrected chi connectivity index (χ2v) is 40.5. The van der Waals surface area contributed by atoms with Gasteiger partial charge in [-0.2, -0.15) is 0 Å². The van der Waals surface area contributed by atoms with Gasteiger partial charge in [-0.1, -0.05) is 138 Å². The molecule has 0 aliphatic rings. The van der Waals surface area contributed by atoms with Crippen molar-refractivity contribution in [2.75, 3.05) is 0 Å². The van der Waals surface area contributed by atoms with Gasteiger partial charge in [-0.15, -0.1) is 0 Å². The van der Waals surface area contributed by atoms with Crippen LogP contribution in [0.15, 0.2) is 0 Å². The van der Waals surface area contributed by atoms with E-state index < -0.39 is 42.8 Å². The fourth-order valence-electron chi connectivity index (χ4n) is 8.79. The molecule has 0 rings (SSSR count). The van der Waals surface area contributed by atoms with Crippen molar-refractivity contribution in [3.8, 4) is 0 Å². The average Bonchev–Trinajstić information content (AvgIpc) is 2.87. The maximum atomic E-state index is 8.15. The van der Waals surface area contributed by atoms with Gasteiger partial charge >= 0.3 is 26.2 Å².